The Morgan fingerprint density at radius 1 is 1.44 bits per heavy atom. The Labute approximate surface area is 105 Å². The molecule has 3 heteroatoms. The molecule has 0 aliphatic carbocycles. The monoisotopic (exact) mass is 283 g/mol. The normalized spacial score (nSPS) is 30.3. The zero-order valence-electron chi connectivity index (χ0n) is 9.54. The summed E-state index contributed by atoms with van der Waals surface area (Å²) >= 11 is 3.43. The van der Waals surface area contributed by atoms with Gasteiger partial charge in [-0.15, -0.1) is 0 Å². The first-order valence-corrected chi connectivity index (χ1v) is 6.55. The van der Waals surface area contributed by atoms with Gasteiger partial charge in [-0.2, -0.15) is 0 Å². The van der Waals surface area contributed by atoms with Crippen molar-refractivity contribution in [1.29, 1.82) is 0 Å². The van der Waals surface area contributed by atoms with E-state index in [1.54, 1.807) is 0 Å². The summed E-state index contributed by atoms with van der Waals surface area (Å²) in [5.41, 5.74) is 0.723. The van der Waals surface area contributed by atoms with Gasteiger partial charge in [0.1, 0.15) is 0 Å². The molecule has 2 atom stereocenters. The summed E-state index contributed by atoms with van der Waals surface area (Å²) in [4.78, 5) is 0. The van der Waals surface area contributed by atoms with E-state index in [9.17, 15) is 5.11 Å². The van der Waals surface area contributed by atoms with Gasteiger partial charge in [-0.1, -0.05) is 28.1 Å². The summed E-state index contributed by atoms with van der Waals surface area (Å²) in [5.74, 6) is 0.356. The number of aliphatic hydroxyl groups is 1. The number of nitrogens with one attached hydrogen (secondary N) is 1. The smallest absolute Gasteiger partial charge is 0.0775 e. The van der Waals surface area contributed by atoms with Crippen LogP contribution >= 0.6 is 15.9 Å². The summed E-state index contributed by atoms with van der Waals surface area (Å²) in [6.45, 7) is 3.65. The number of β-amino-alcohol motifs (C(OH)–C–C–N with tert-alkyl or cyclic N) is 1. The molecule has 0 radical (unpaired) electrons. The third kappa shape index (κ3) is 2.84. The van der Waals surface area contributed by atoms with Crippen molar-refractivity contribution in [3.05, 3.63) is 34.3 Å². The Bertz CT molecular complexity index is 347. The van der Waals surface area contributed by atoms with E-state index in [0.29, 0.717) is 12.5 Å². The molecule has 0 aromatic heterocycles. The lowest BCUT2D eigenvalue weighted by molar-refractivity contribution is -0.0192. The topological polar surface area (TPSA) is 32.3 Å². The first-order valence-electron chi connectivity index (χ1n) is 5.75. The van der Waals surface area contributed by atoms with Crippen molar-refractivity contribution in [3.63, 3.8) is 0 Å². The number of piperidine rings is 1. The van der Waals surface area contributed by atoms with Crippen LogP contribution in [0, 0.1) is 5.92 Å². The lowest BCUT2D eigenvalue weighted by Gasteiger charge is -2.37. The number of benzene rings is 1. The largest absolute Gasteiger partial charge is 0.389 e. The summed E-state index contributed by atoms with van der Waals surface area (Å²) in [6.07, 6.45) is 2.00. The van der Waals surface area contributed by atoms with Crippen LogP contribution in [0.3, 0.4) is 0 Å². The number of hydrogen-bond donors (Lipinski definition) is 2. The van der Waals surface area contributed by atoms with Gasteiger partial charge in [0.15, 0.2) is 0 Å². The maximum Gasteiger partial charge on any atom is 0.0775 e. The van der Waals surface area contributed by atoms with Crippen LogP contribution in [0.5, 0.6) is 0 Å². The molecule has 1 aromatic carbocycles. The van der Waals surface area contributed by atoms with E-state index in [4.69, 9.17) is 0 Å². The molecule has 0 saturated carbocycles. The van der Waals surface area contributed by atoms with Gasteiger partial charge in [-0.05, 0) is 49.9 Å². The Kier molecular flexibility index (Phi) is 3.67. The van der Waals surface area contributed by atoms with Crippen molar-refractivity contribution in [2.24, 2.45) is 5.92 Å². The Morgan fingerprint density at radius 2 is 2.12 bits per heavy atom. The standard InChI is InChI=1S/C13H18BrNO/c1-13(16)9-15-7-6-11(13)8-10-2-4-12(14)5-3-10/h2-5,11,15-16H,6-9H2,1H3. The highest BCUT2D eigenvalue weighted by Crippen LogP contribution is 2.27. The summed E-state index contributed by atoms with van der Waals surface area (Å²) < 4.78 is 1.10. The van der Waals surface area contributed by atoms with Crippen LogP contribution in [0.25, 0.3) is 0 Å². The van der Waals surface area contributed by atoms with E-state index in [0.717, 1.165) is 23.9 Å². The van der Waals surface area contributed by atoms with Crippen molar-refractivity contribution in [1.82, 2.24) is 5.32 Å². The summed E-state index contributed by atoms with van der Waals surface area (Å²) in [7, 11) is 0. The molecular formula is C13H18BrNO. The maximum atomic E-state index is 10.3. The van der Waals surface area contributed by atoms with Crippen molar-refractivity contribution in [2.75, 3.05) is 13.1 Å². The minimum absolute atomic E-state index is 0.356. The Balaban J connectivity index is 2.05. The minimum atomic E-state index is -0.578. The van der Waals surface area contributed by atoms with E-state index in [1.165, 1.54) is 5.56 Å². The molecule has 0 amide bonds. The molecule has 1 fully saturated rings. The molecular weight excluding hydrogens is 266 g/mol. The lowest BCUT2D eigenvalue weighted by atomic mass is 9.79. The molecule has 2 nitrogen and oxygen atoms in total. The molecule has 88 valence electrons. The van der Waals surface area contributed by atoms with Crippen LogP contribution in [0.15, 0.2) is 28.7 Å². The number of hydrogen-bond acceptors (Lipinski definition) is 2. The van der Waals surface area contributed by atoms with E-state index >= 15 is 0 Å². The molecule has 0 bridgehead atoms. The Hall–Kier alpha value is -0.380. The van der Waals surface area contributed by atoms with Crippen LogP contribution < -0.4 is 5.32 Å². The van der Waals surface area contributed by atoms with E-state index < -0.39 is 5.60 Å². The van der Waals surface area contributed by atoms with Crippen molar-refractivity contribution < 1.29 is 5.11 Å². The predicted molar refractivity (Wildman–Crippen MR) is 69.4 cm³/mol. The average Bonchev–Trinajstić information content (AvgIpc) is 2.24. The number of halogens is 1. The highest BCUT2D eigenvalue weighted by atomic mass is 79.9. The molecule has 2 N–H and O–H groups in total. The third-order valence-corrected chi connectivity index (χ3v) is 3.96. The fraction of sp³-hybridized carbons (Fsp3) is 0.538. The highest BCUT2D eigenvalue weighted by molar-refractivity contribution is 9.10. The molecule has 16 heavy (non-hydrogen) atoms. The first-order chi connectivity index (χ1) is 7.58. The number of rotatable bonds is 2. The van der Waals surface area contributed by atoms with Crippen molar-refractivity contribution >= 4 is 15.9 Å². The van der Waals surface area contributed by atoms with Crippen LogP contribution in [0.1, 0.15) is 18.9 Å². The second-order valence-electron chi connectivity index (χ2n) is 4.85. The lowest BCUT2D eigenvalue weighted by Crippen LogP contribution is -2.50. The van der Waals surface area contributed by atoms with Gasteiger partial charge >= 0.3 is 0 Å². The Morgan fingerprint density at radius 3 is 2.75 bits per heavy atom. The average molecular weight is 284 g/mol. The highest BCUT2D eigenvalue weighted by Gasteiger charge is 2.34. The van der Waals surface area contributed by atoms with Gasteiger partial charge in [0.25, 0.3) is 0 Å². The van der Waals surface area contributed by atoms with Gasteiger partial charge in [0.2, 0.25) is 0 Å². The zero-order valence-corrected chi connectivity index (χ0v) is 11.1. The predicted octanol–water partition coefficient (Wildman–Crippen LogP) is 2.35. The van der Waals surface area contributed by atoms with E-state index in [-0.39, 0.29) is 0 Å². The molecule has 1 aliphatic heterocycles. The quantitative estimate of drug-likeness (QED) is 0.873. The maximum absolute atomic E-state index is 10.3. The second-order valence-corrected chi connectivity index (χ2v) is 5.77. The van der Waals surface area contributed by atoms with Gasteiger partial charge in [0.05, 0.1) is 5.60 Å². The van der Waals surface area contributed by atoms with Crippen LogP contribution in [0.2, 0.25) is 0 Å². The zero-order chi connectivity index (χ0) is 11.6. The third-order valence-electron chi connectivity index (χ3n) is 3.43. The summed E-state index contributed by atoms with van der Waals surface area (Å²) in [6, 6.07) is 8.38. The molecule has 1 heterocycles. The van der Waals surface area contributed by atoms with Crippen LogP contribution in [-0.4, -0.2) is 23.8 Å². The molecule has 1 aliphatic rings. The molecule has 0 spiro atoms. The molecule has 2 unspecified atom stereocenters. The van der Waals surface area contributed by atoms with Crippen molar-refractivity contribution in [3.8, 4) is 0 Å². The van der Waals surface area contributed by atoms with Crippen LogP contribution in [-0.2, 0) is 6.42 Å². The second kappa shape index (κ2) is 4.86. The molecule has 1 aromatic rings. The van der Waals surface area contributed by atoms with Gasteiger partial charge in [-0.3, -0.25) is 0 Å². The van der Waals surface area contributed by atoms with Gasteiger partial charge < -0.3 is 10.4 Å². The first kappa shape index (κ1) is 12.1. The van der Waals surface area contributed by atoms with Gasteiger partial charge in [0, 0.05) is 11.0 Å². The van der Waals surface area contributed by atoms with Crippen LogP contribution in [0.4, 0.5) is 0 Å². The molecule has 2 rings (SSSR count). The summed E-state index contributed by atoms with van der Waals surface area (Å²) in [5, 5.41) is 13.5. The molecule has 1 saturated heterocycles. The fourth-order valence-corrected chi connectivity index (χ4v) is 2.56. The minimum Gasteiger partial charge on any atom is -0.389 e. The fourth-order valence-electron chi connectivity index (χ4n) is 2.30. The SMILES string of the molecule is CC1(O)CNCCC1Cc1ccc(Br)cc1. The van der Waals surface area contributed by atoms with Crippen molar-refractivity contribution in [2.45, 2.75) is 25.4 Å². The van der Waals surface area contributed by atoms with E-state index in [2.05, 4.69) is 45.5 Å². The van der Waals surface area contributed by atoms with E-state index in [1.807, 2.05) is 6.92 Å². The van der Waals surface area contributed by atoms with Gasteiger partial charge in [-0.25, -0.2) is 0 Å².